The standard InChI is InChI=1S/C4H10O.C3H8O3.CH2O3/c1-3-5-4-2;4-1-3(6)2-5;2-1(3)4/h3-4H2,1-2H3;3-6H,1-2H2;(H2,2,3,4). The molecule has 0 amide bonds. The van der Waals surface area contributed by atoms with E-state index in [1.807, 2.05) is 13.8 Å². The van der Waals surface area contributed by atoms with Crippen LogP contribution < -0.4 is 0 Å². The van der Waals surface area contributed by atoms with Gasteiger partial charge in [-0.2, -0.15) is 0 Å². The summed E-state index contributed by atoms with van der Waals surface area (Å²) in [6, 6.07) is 0. The van der Waals surface area contributed by atoms with Gasteiger partial charge in [0, 0.05) is 13.2 Å². The zero-order chi connectivity index (χ0) is 12.7. The van der Waals surface area contributed by atoms with Crippen LogP contribution >= 0.6 is 0 Å². The Morgan fingerprint density at radius 1 is 1.13 bits per heavy atom. The fourth-order valence-electron chi connectivity index (χ4n) is 0.262. The van der Waals surface area contributed by atoms with Crippen molar-refractivity contribution in [2.45, 2.75) is 20.0 Å². The Balaban J connectivity index is -0.000000147. The maximum absolute atomic E-state index is 8.56. The van der Waals surface area contributed by atoms with Crippen LogP contribution in [0, 0.1) is 0 Å². The molecule has 94 valence electrons. The van der Waals surface area contributed by atoms with Crippen LogP contribution in [0.1, 0.15) is 13.8 Å². The first-order valence-electron chi connectivity index (χ1n) is 4.35. The summed E-state index contributed by atoms with van der Waals surface area (Å²) in [7, 11) is 0. The molecule has 0 saturated carbocycles. The van der Waals surface area contributed by atoms with Gasteiger partial charge in [-0.3, -0.25) is 0 Å². The molecule has 15 heavy (non-hydrogen) atoms. The lowest BCUT2D eigenvalue weighted by molar-refractivity contribution is 0.0450. The van der Waals surface area contributed by atoms with E-state index in [1.54, 1.807) is 0 Å². The third-order valence-electron chi connectivity index (χ3n) is 0.830. The van der Waals surface area contributed by atoms with Crippen LogP contribution in [0.2, 0.25) is 0 Å². The number of hydrogen-bond donors (Lipinski definition) is 5. The zero-order valence-electron chi connectivity index (χ0n) is 8.96. The first-order chi connectivity index (χ1) is 6.95. The van der Waals surface area contributed by atoms with Crippen molar-refractivity contribution in [3.63, 3.8) is 0 Å². The summed E-state index contributed by atoms with van der Waals surface area (Å²) in [6.07, 6.45) is -2.79. The van der Waals surface area contributed by atoms with E-state index in [1.165, 1.54) is 0 Å². The van der Waals surface area contributed by atoms with Crippen molar-refractivity contribution in [1.82, 2.24) is 0 Å². The molecule has 0 fully saturated rings. The van der Waals surface area contributed by atoms with Gasteiger partial charge in [-0.25, -0.2) is 4.79 Å². The molecule has 0 aliphatic rings. The molecule has 0 rings (SSSR count). The van der Waals surface area contributed by atoms with Crippen molar-refractivity contribution in [3.05, 3.63) is 0 Å². The van der Waals surface area contributed by atoms with Crippen LogP contribution in [0.4, 0.5) is 4.79 Å². The molecule has 0 aromatic rings. The number of hydrogen-bond acceptors (Lipinski definition) is 5. The molecule has 0 unspecified atom stereocenters. The minimum absolute atomic E-state index is 0.365. The van der Waals surface area contributed by atoms with Crippen molar-refractivity contribution in [1.29, 1.82) is 0 Å². The molecule has 7 heteroatoms. The molecular formula is C8H20O7. The molecule has 0 aromatic carbocycles. The fraction of sp³-hybridized carbons (Fsp3) is 0.875. The third kappa shape index (κ3) is 62.0. The van der Waals surface area contributed by atoms with Gasteiger partial charge in [0.05, 0.1) is 13.2 Å². The van der Waals surface area contributed by atoms with Crippen molar-refractivity contribution < 1.29 is 35.1 Å². The minimum atomic E-state index is -1.83. The van der Waals surface area contributed by atoms with Gasteiger partial charge in [-0.15, -0.1) is 0 Å². The first kappa shape index (κ1) is 19.6. The SMILES string of the molecule is CCOCC.O=C(O)O.OCC(O)CO. The van der Waals surface area contributed by atoms with Crippen LogP contribution in [-0.2, 0) is 4.74 Å². The second-order valence-electron chi connectivity index (χ2n) is 2.08. The summed E-state index contributed by atoms with van der Waals surface area (Å²) in [5.41, 5.74) is 0. The lowest BCUT2D eigenvalue weighted by atomic mass is 10.4. The van der Waals surface area contributed by atoms with Gasteiger partial charge in [0.15, 0.2) is 0 Å². The highest BCUT2D eigenvalue weighted by molar-refractivity contribution is 5.53. The monoisotopic (exact) mass is 228 g/mol. The number of rotatable bonds is 4. The Morgan fingerprint density at radius 3 is 1.40 bits per heavy atom. The van der Waals surface area contributed by atoms with Gasteiger partial charge in [0.1, 0.15) is 6.10 Å². The minimum Gasteiger partial charge on any atom is -0.450 e. The van der Waals surface area contributed by atoms with Gasteiger partial charge < -0.3 is 30.3 Å². The maximum atomic E-state index is 8.56. The van der Waals surface area contributed by atoms with Gasteiger partial charge >= 0.3 is 6.16 Å². The molecule has 5 N–H and O–H groups in total. The van der Waals surface area contributed by atoms with Gasteiger partial charge in [0.25, 0.3) is 0 Å². The molecule has 0 radical (unpaired) electrons. The molecule has 7 nitrogen and oxygen atoms in total. The number of aliphatic hydroxyl groups is 3. The van der Waals surface area contributed by atoms with E-state index in [0.29, 0.717) is 0 Å². The Morgan fingerprint density at radius 2 is 1.40 bits per heavy atom. The average molecular weight is 228 g/mol. The van der Waals surface area contributed by atoms with E-state index < -0.39 is 12.3 Å². The van der Waals surface area contributed by atoms with E-state index in [0.717, 1.165) is 13.2 Å². The highest BCUT2D eigenvalue weighted by Gasteiger charge is 1.93. The Hall–Kier alpha value is -0.890. The summed E-state index contributed by atoms with van der Waals surface area (Å²) in [5.74, 6) is 0. The van der Waals surface area contributed by atoms with Gasteiger partial charge in [0.2, 0.25) is 0 Å². The first-order valence-corrected chi connectivity index (χ1v) is 4.35. The maximum Gasteiger partial charge on any atom is 0.503 e. The molecule has 0 saturated heterocycles. The molecule has 0 spiro atoms. The molecule has 0 aromatic heterocycles. The Kier molecular flexibility index (Phi) is 24.6. The average Bonchev–Trinajstić information content (AvgIpc) is 2.18. The van der Waals surface area contributed by atoms with Crippen LogP contribution in [0.15, 0.2) is 0 Å². The van der Waals surface area contributed by atoms with E-state index >= 15 is 0 Å². The van der Waals surface area contributed by atoms with Crippen LogP contribution in [-0.4, -0.2) is 64.2 Å². The van der Waals surface area contributed by atoms with E-state index in [2.05, 4.69) is 0 Å². The summed E-state index contributed by atoms with van der Waals surface area (Å²) in [4.78, 5) is 8.56. The molecule has 0 aliphatic heterocycles. The van der Waals surface area contributed by atoms with Crippen molar-refractivity contribution >= 4 is 6.16 Å². The van der Waals surface area contributed by atoms with E-state index in [-0.39, 0.29) is 13.2 Å². The van der Waals surface area contributed by atoms with Crippen LogP contribution in [0.25, 0.3) is 0 Å². The third-order valence-corrected chi connectivity index (χ3v) is 0.830. The molecule has 0 aliphatic carbocycles. The molecule has 0 bridgehead atoms. The van der Waals surface area contributed by atoms with Crippen LogP contribution in [0.5, 0.6) is 0 Å². The normalized spacial score (nSPS) is 8.40. The van der Waals surface area contributed by atoms with Crippen molar-refractivity contribution in [3.8, 4) is 0 Å². The topological polar surface area (TPSA) is 127 Å². The number of carbonyl (C=O) groups is 1. The summed E-state index contributed by atoms with van der Waals surface area (Å²) < 4.78 is 4.83. The highest BCUT2D eigenvalue weighted by Crippen LogP contribution is 1.71. The lowest BCUT2D eigenvalue weighted by Gasteiger charge is -1.96. The number of ether oxygens (including phenoxy) is 1. The lowest BCUT2D eigenvalue weighted by Crippen LogP contribution is -2.15. The number of carboxylic acid groups (broad SMARTS) is 2. The molecule has 0 heterocycles. The molecule has 0 atom stereocenters. The summed E-state index contributed by atoms with van der Waals surface area (Å²) in [5, 5.41) is 38.0. The Labute approximate surface area is 88.6 Å². The van der Waals surface area contributed by atoms with E-state index in [9.17, 15) is 0 Å². The van der Waals surface area contributed by atoms with Crippen molar-refractivity contribution in [2.24, 2.45) is 0 Å². The van der Waals surface area contributed by atoms with Gasteiger partial charge in [-0.05, 0) is 13.8 Å². The van der Waals surface area contributed by atoms with Crippen LogP contribution in [0.3, 0.4) is 0 Å². The molecular weight excluding hydrogens is 208 g/mol. The second kappa shape index (κ2) is 18.8. The number of aliphatic hydroxyl groups excluding tert-OH is 3. The predicted molar refractivity (Wildman–Crippen MR) is 53.0 cm³/mol. The van der Waals surface area contributed by atoms with Gasteiger partial charge in [-0.1, -0.05) is 0 Å². The summed E-state index contributed by atoms with van der Waals surface area (Å²) >= 11 is 0. The Bertz CT molecular complexity index is 108. The fourth-order valence-corrected chi connectivity index (χ4v) is 0.262. The summed E-state index contributed by atoms with van der Waals surface area (Å²) in [6.45, 7) is 4.94. The predicted octanol–water partition coefficient (Wildman–Crippen LogP) is -0.403. The quantitative estimate of drug-likeness (QED) is 0.442. The van der Waals surface area contributed by atoms with Crippen molar-refractivity contribution in [2.75, 3.05) is 26.4 Å². The highest BCUT2D eigenvalue weighted by atomic mass is 16.6. The van der Waals surface area contributed by atoms with E-state index in [4.69, 9.17) is 35.1 Å². The zero-order valence-corrected chi connectivity index (χ0v) is 8.96. The second-order valence-corrected chi connectivity index (χ2v) is 2.08. The smallest absolute Gasteiger partial charge is 0.450 e. The largest absolute Gasteiger partial charge is 0.503 e.